The number of hydrogen-bond donors (Lipinski definition) is 0. The molecule has 3 aromatic rings. The Morgan fingerprint density at radius 2 is 1.61 bits per heavy atom. The van der Waals surface area contributed by atoms with Gasteiger partial charge in [0.15, 0.2) is 0 Å². The minimum Gasteiger partial charge on any atom is -0.457 e. The summed E-state index contributed by atoms with van der Waals surface area (Å²) in [6.07, 6.45) is 7.16. The van der Waals surface area contributed by atoms with Gasteiger partial charge in [-0.25, -0.2) is 0 Å². The van der Waals surface area contributed by atoms with E-state index in [-0.39, 0.29) is 5.92 Å². The summed E-state index contributed by atoms with van der Waals surface area (Å²) >= 11 is 6.10. The molecular formula is C26H25ClO. The Hall–Kier alpha value is -2.51. The second-order valence-corrected chi connectivity index (χ2v) is 7.79. The van der Waals surface area contributed by atoms with Gasteiger partial charge in [0.1, 0.15) is 11.5 Å². The molecule has 0 radical (unpaired) electrons. The predicted octanol–water partition coefficient (Wildman–Crippen LogP) is 7.64. The first-order chi connectivity index (χ1) is 13.7. The average Bonchev–Trinajstić information content (AvgIpc) is 2.74. The molecule has 1 nitrogen and oxygen atoms in total. The minimum atomic E-state index is 0.154. The van der Waals surface area contributed by atoms with Crippen LogP contribution in [0.15, 0.2) is 78.9 Å². The molecule has 1 aliphatic rings. The van der Waals surface area contributed by atoms with Crippen LogP contribution in [0.3, 0.4) is 0 Å². The maximum atomic E-state index is 6.27. The molecule has 0 saturated carbocycles. The lowest BCUT2D eigenvalue weighted by molar-refractivity contribution is 0.492. The highest BCUT2D eigenvalue weighted by Crippen LogP contribution is 2.41. The van der Waals surface area contributed by atoms with Crippen molar-refractivity contribution in [2.75, 3.05) is 0 Å². The van der Waals surface area contributed by atoms with E-state index in [1.807, 2.05) is 24.3 Å². The summed E-state index contributed by atoms with van der Waals surface area (Å²) in [5.74, 6) is 1.99. The average molecular weight is 389 g/mol. The van der Waals surface area contributed by atoms with Gasteiger partial charge in [-0.3, -0.25) is 0 Å². The number of ether oxygens (including phenoxy) is 1. The summed E-state index contributed by atoms with van der Waals surface area (Å²) in [6, 6.07) is 25.2. The molecule has 142 valence electrons. The zero-order chi connectivity index (χ0) is 19.3. The molecule has 2 heteroatoms. The molecule has 0 spiro atoms. The molecule has 1 unspecified atom stereocenters. The van der Waals surface area contributed by atoms with Crippen molar-refractivity contribution < 1.29 is 4.74 Å². The molecule has 4 rings (SSSR count). The van der Waals surface area contributed by atoms with Crippen LogP contribution >= 0.6 is 11.6 Å². The summed E-state index contributed by atoms with van der Waals surface area (Å²) in [4.78, 5) is 0. The zero-order valence-corrected chi connectivity index (χ0v) is 17.0. The molecule has 1 heterocycles. The highest BCUT2D eigenvalue weighted by atomic mass is 35.5. The molecule has 0 aliphatic carbocycles. The Balaban J connectivity index is 1.64. The number of benzene rings is 3. The Bertz CT molecular complexity index is 954. The van der Waals surface area contributed by atoms with Crippen molar-refractivity contribution in [1.82, 2.24) is 0 Å². The summed E-state index contributed by atoms with van der Waals surface area (Å²) in [7, 11) is 0. The standard InChI is InChI=1S/C26H25ClO/c1-2-3-4-7-19-10-12-21(13-11-19)26-18-24(20-14-16-22(27)17-15-20)23-8-5-6-9-25(23)28-26/h5-6,8-18,24H,2-4,7H2,1H3. The van der Waals surface area contributed by atoms with Gasteiger partial charge in [-0.15, -0.1) is 0 Å². The number of rotatable bonds is 6. The Morgan fingerprint density at radius 1 is 0.857 bits per heavy atom. The summed E-state index contributed by atoms with van der Waals surface area (Å²) in [6.45, 7) is 2.24. The largest absolute Gasteiger partial charge is 0.457 e. The van der Waals surface area contributed by atoms with Gasteiger partial charge in [0.25, 0.3) is 0 Å². The first kappa shape index (κ1) is 18.8. The van der Waals surface area contributed by atoms with Gasteiger partial charge in [0.05, 0.1) is 0 Å². The van der Waals surface area contributed by atoms with Crippen molar-refractivity contribution in [1.29, 1.82) is 0 Å². The number of hydrogen-bond acceptors (Lipinski definition) is 1. The van der Waals surface area contributed by atoms with Crippen LogP contribution in [0.2, 0.25) is 5.02 Å². The van der Waals surface area contributed by atoms with Gasteiger partial charge >= 0.3 is 0 Å². The van der Waals surface area contributed by atoms with Crippen LogP contribution < -0.4 is 4.74 Å². The quantitative estimate of drug-likeness (QED) is 0.394. The Labute approximate surface area is 172 Å². The first-order valence-electron chi connectivity index (χ1n) is 10.1. The smallest absolute Gasteiger partial charge is 0.131 e. The van der Waals surface area contributed by atoms with Gasteiger partial charge in [-0.1, -0.05) is 86.0 Å². The van der Waals surface area contributed by atoms with Gasteiger partial charge < -0.3 is 4.74 Å². The number of fused-ring (bicyclic) bond motifs is 1. The number of allylic oxidation sites excluding steroid dienone is 1. The molecule has 1 atom stereocenters. The van der Waals surface area contributed by atoms with E-state index in [9.17, 15) is 0 Å². The highest BCUT2D eigenvalue weighted by molar-refractivity contribution is 6.30. The number of unbranched alkanes of at least 4 members (excludes halogenated alkanes) is 2. The molecule has 0 amide bonds. The molecule has 0 saturated heterocycles. The molecule has 0 bridgehead atoms. The van der Waals surface area contributed by atoms with Crippen LogP contribution in [0.1, 0.15) is 54.4 Å². The SMILES string of the molecule is CCCCCc1ccc(C2=CC(c3ccc(Cl)cc3)c3ccccc3O2)cc1. The monoisotopic (exact) mass is 388 g/mol. The zero-order valence-electron chi connectivity index (χ0n) is 16.2. The molecular weight excluding hydrogens is 364 g/mol. The number of halogens is 1. The topological polar surface area (TPSA) is 9.23 Å². The van der Waals surface area contributed by atoms with E-state index in [1.54, 1.807) is 0 Å². The van der Waals surface area contributed by atoms with Crippen molar-refractivity contribution >= 4 is 17.4 Å². The summed E-state index contributed by atoms with van der Waals surface area (Å²) in [5, 5.41) is 0.756. The van der Waals surface area contributed by atoms with Crippen LogP contribution in [0.5, 0.6) is 5.75 Å². The lowest BCUT2D eigenvalue weighted by atomic mass is 9.87. The van der Waals surface area contributed by atoms with E-state index in [0.717, 1.165) is 28.5 Å². The van der Waals surface area contributed by atoms with Gasteiger partial charge in [-0.05, 0) is 48.2 Å². The van der Waals surface area contributed by atoms with Gasteiger partial charge in [0.2, 0.25) is 0 Å². The molecule has 0 N–H and O–H groups in total. The van der Waals surface area contributed by atoms with E-state index in [4.69, 9.17) is 16.3 Å². The van der Waals surface area contributed by atoms with E-state index in [2.05, 4.69) is 61.5 Å². The van der Waals surface area contributed by atoms with Crippen molar-refractivity contribution in [2.45, 2.75) is 38.5 Å². The van der Waals surface area contributed by atoms with E-state index >= 15 is 0 Å². The fourth-order valence-corrected chi connectivity index (χ4v) is 3.87. The second-order valence-electron chi connectivity index (χ2n) is 7.35. The van der Waals surface area contributed by atoms with E-state index in [0.29, 0.717) is 0 Å². The van der Waals surface area contributed by atoms with Crippen LogP contribution in [0.25, 0.3) is 5.76 Å². The highest BCUT2D eigenvalue weighted by Gasteiger charge is 2.23. The third-order valence-corrected chi connectivity index (χ3v) is 5.58. The van der Waals surface area contributed by atoms with Crippen molar-refractivity contribution in [3.05, 3.63) is 106 Å². The van der Waals surface area contributed by atoms with E-state index in [1.165, 1.54) is 36.0 Å². The minimum absolute atomic E-state index is 0.154. The molecule has 28 heavy (non-hydrogen) atoms. The van der Waals surface area contributed by atoms with E-state index < -0.39 is 0 Å². The van der Waals surface area contributed by atoms with Crippen molar-refractivity contribution in [3.8, 4) is 5.75 Å². The third kappa shape index (κ3) is 4.15. The fourth-order valence-electron chi connectivity index (χ4n) is 3.74. The molecule has 0 aromatic heterocycles. The Kier molecular flexibility index (Phi) is 5.83. The normalized spacial score (nSPS) is 15.5. The lowest BCUT2D eigenvalue weighted by Crippen LogP contribution is -2.10. The maximum absolute atomic E-state index is 6.27. The predicted molar refractivity (Wildman–Crippen MR) is 118 cm³/mol. The maximum Gasteiger partial charge on any atom is 0.131 e. The van der Waals surface area contributed by atoms with Gasteiger partial charge in [-0.2, -0.15) is 0 Å². The number of para-hydroxylation sites is 1. The lowest BCUT2D eigenvalue weighted by Gasteiger charge is -2.25. The molecule has 3 aromatic carbocycles. The van der Waals surface area contributed by atoms with Crippen LogP contribution in [0.4, 0.5) is 0 Å². The second kappa shape index (κ2) is 8.67. The summed E-state index contributed by atoms with van der Waals surface area (Å²) in [5.41, 5.74) is 4.91. The fraction of sp³-hybridized carbons (Fsp3) is 0.231. The van der Waals surface area contributed by atoms with Crippen molar-refractivity contribution in [2.24, 2.45) is 0 Å². The van der Waals surface area contributed by atoms with Crippen LogP contribution in [0, 0.1) is 0 Å². The van der Waals surface area contributed by atoms with Crippen LogP contribution in [-0.2, 0) is 6.42 Å². The van der Waals surface area contributed by atoms with Gasteiger partial charge in [0, 0.05) is 22.1 Å². The van der Waals surface area contributed by atoms with Crippen LogP contribution in [-0.4, -0.2) is 0 Å². The molecule has 0 fully saturated rings. The third-order valence-electron chi connectivity index (χ3n) is 5.33. The Morgan fingerprint density at radius 3 is 2.36 bits per heavy atom. The first-order valence-corrected chi connectivity index (χ1v) is 10.5. The molecule has 1 aliphatic heterocycles. The van der Waals surface area contributed by atoms with Crippen molar-refractivity contribution in [3.63, 3.8) is 0 Å². The summed E-state index contributed by atoms with van der Waals surface area (Å²) < 4.78 is 6.27. The number of aryl methyl sites for hydroxylation is 1.